The van der Waals surface area contributed by atoms with E-state index in [0.29, 0.717) is 0 Å². The predicted molar refractivity (Wildman–Crippen MR) is 71.6 cm³/mol. The Balaban J connectivity index is 3.87. The Morgan fingerprint density at radius 3 is 2.39 bits per heavy atom. The topological polar surface area (TPSA) is 78.4 Å². The number of nitrogens with one attached hydrogen (secondary N) is 2. The first-order valence-electron chi connectivity index (χ1n) is 6.57. The maximum Gasteiger partial charge on any atom is 0.315 e. The Kier molecular flexibility index (Phi) is 7.39. The third-order valence-electron chi connectivity index (χ3n) is 2.89. The van der Waals surface area contributed by atoms with E-state index in [1.54, 1.807) is 13.8 Å². The molecule has 0 saturated heterocycles. The number of rotatable bonds is 8. The second kappa shape index (κ2) is 7.95. The molecule has 3 N–H and O–H groups in total. The van der Waals surface area contributed by atoms with Gasteiger partial charge in [0, 0.05) is 12.6 Å². The van der Waals surface area contributed by atoms with E-state index in [4.69, 9.17) is 5.11 Å². The molecule has 0 fully saturated rings. The van der Waals surface area contributed by atoms with E-state index >= 15 is 0 Å². The van der Waals surface area contributed by atoms with Crippen LogP contribution in [0, 0.1) is 5.41 Å². The normalized spacial score (nSPS) is 12.9. The van der Waals surface area contributed by atoms with Gasteiger partial charge in [-0.3, -0.25) is 4.79 Å². The first-order chi connectivity index (χ1) is 8.29. The molecule has 0 aliphatic heterocycles. The fourth-order valence-corrected chi connectivity index (χ4v) is 1.42. The van der Waals surface area contributed by atoms with Crippen LogP contribution in [-0.2, 0) is 4.79 Å². The van der Waals surface area contributed by atoms with E-state index in [0.717, 1.165) is 19.3 Å². The molecule has 0 radical (unpaired) electrons. The number of hydrogen-bond donors (Lipinski definition) is 3. The quantitative estimate of drug-likeness (QED) is 0.585. The van der Waals surface area contributed by atoms with Gasteiger partial charge < -0.3 is 15.7 Å². The maximum absolute atomic E-state index is 11.5. The molecule has 0 aliphatic rings. The molecule has 0 rings (SSSR count). The molecule has 1 unspecified atom stereocenters. The Labute approximate surface area is 109 Å². The Morgan fingerprint density at radius 2 is 1.89 bits per heavy atom. The number of carbonyl (C=O) groups is 2. The van der Waals surface area contributed by atoms with Crippen molar-refractivity contribution in [1.82, 2.24) is 10.6 Å². The van der Waals surface area contributed by atoms with Crippen LogP contribution in [0.15, 0.2) is 0 Å². The highest BCUT2D eigenvalue weighted by molar-refractivity contribution is 5.77. The van der Waals surface area contributed by atoms with Gasteiger partial charge in [-0.1, -0.05) is 26.2 Å². The minimum Gasteiger partial charge on any atom is -0.481 e. The summed E-state index contributed by atoms with van der Waals surface area (Å²) in [5, 5.41) is 14.3. The van der Waals surface area contributed by atoms with E-state index < -0.39 is 11.4 Å². The average molecular weight is 258 g/mol. The standard InChI is InChI=1S/C13H26N2O3/c1-5-6-7-8-10(2)15-12(18)14-9-13(3,4)11(16)17/h10H,5-9H2,1-4H3,(H,16,17)(H2,14,15,18). The lowest BCUT2D eigenvalue weighted by Gasteiger charge is -2.21. The van der Waals surface area contributed by atoms with Gasteiger partial charge in [-0.25, -0.2) is 4.79 Å². The molecule has 2 amide bonds. The van der Waals surface area contributed by atoms with Crippen LogP contribution in [0.4, 0.5) is 4.79 Å². The van der Waals surface area contributed by atoms with Crippen molar-refractivity contribution >= 4 is 12.0 Å². The molecule has 18 heavy (non-hydrogen) atoms. The summed E-state index contributed by atoms with van der Waals surface area (Å²) in [5.41, 5.74) is -0.942. The van der Waals surface area contributed by atoms with Gasteiger partial charge in [0.05, 0.1) is 5.41 Å². The first-order valence-corrected chi connectivity index (χ1v) is 6.57. The minimum absolute atomic E-state index is 0.115. The first kappa shape index (κ1) is 16.7. The van der Waals surface area contributed by atoms with Crippen LogP contribution in [0.3, 0.4) is 0 Å². The van der Waals surface area contributed by atoms with Gasteiger partial charge in [-0.05, 0) is 27.2 Å². The number of urea groups is 1. The molecule has 0 spiro atoms. The Hall–Kier alpha value is -1.26. The summed E-state index contributed by atoms with van der Waals surface area (Å²) < 4.78 is 0. The number of aliphatic carboxylic acids is 1. The lowest BCUT2D eigenvalue weighted by Crippen LogP contribution is -2.46. The van der Waals surface area contributed by atoms with Gasteiger partial charge in [0.25, 0.3) is 0 Å². The van der Waals surface area contributed by atoms with Crippen LogP contribution in [0.2, 0.25) is 0 Å². The van der Waals surface area contributed by atoms with E-state index in [1.807, 2.05) is 6.92 Å². The highest BCUT2D eigenvalue weighted by Gasteiger charge is 2.27. The largest absolute Gasteiger partial charge is 0.481 e. The molecule has 0 aromatic carbocycles. The summed E-state index contributed by atoms with van der Waals surface area (Å²) in [6, 6.07) is -0.183. The fraction of sp³-hybridized carbons (Fsp3) is 0.846. The molecule has 0 bridgehead atoms. The van der Waals surface area contributed by atoms with Gasteiger partial charge in [0.15, 0.2) is 0 Å². The van der Waals surface area contributed by atoms with Crippen LogP contribution in [0.5, 0.6) is 0 Å². The van der Waals surface area contributed by atoms with Crippen LogP contribution in [-0.4, -0.2) is 29.7 Å². The van der Waals surface area contributed by atoms with Gasteiger partial charge in [0.2, 0.25) is 0 Å². The van der Waals surface area contributed by atoms with Gasteiger partial charge in [-0.2, -0.15) is 0 Å². The SMILES string of the molecule is CCCCCC(C)NC(=O)NCC(C)(C)C(=O)O. The monoisotopic (exact) mass is 258 g/mol. The third-order valence-corrected chi connectivity index (χ3v) is 2.89. The van der Waals surface area contributed by atoms with Crippen LogP contribution >= 0.6 is 0 Å². The summed E-state index contributed by atoms with van der Waals surface area (Å²) in [6.45, 7) is 7.38. The zero-order chi connectivity index (χ0) is 14.2. The third kappa shape index (κ3) is 7.14. The van der Waals surface area contributed by atoms with Crippen LogP contribution < -0.4 is 10.6 Å². The summed E-state index contributed by atoms with van der Waals surface area (Å²) in [4.78, 5) is 22.4. The molecule has 106 valence electrons. The average Bonchev–Trinajstić information content (AvgIpc) is 2.26. The second-order valence-corrected chi connectivity index (χ2v) is 5.41. The van der Waals surface area contributed by atoms with Crippen molar-refractivity contribution in [3.8, 4) is 0 Å². The molecule has 0 saturated carbocycles. The molecule has 1 atom stereocenters. The lowest BCUT2D eigenvalue weighted by molar-refractivity contribution is -0.146. The van der Waals surface area contributed by atoms with Crippen molar-refractivity contribution in [3.05, 3.63) is 0 Å². The van der Waals surface area contributed by atoms with E-state index in [-0.39, 0.29) is 18.6 Å². The zero-order valence-electron chi connectivity index (χ0n) is 11.9. The summed E-state index contributed by atoms with van der Waals surface area (Å²) in [6.07, 6.45) is 4.37. The van der Waals surface area contributed by atoms with Crippen molar-refractivity contribution < 1.29 is 14.7 Å². The van der Waals surface area contributed by atoms with Crippen molar-refractivity contribution in [3.63, 3.8) is 0 Å². The number of carboxylic acids is 1. The molecular formula is C13H26N2O3. The van der Waals surface area contributed by atoms with Crippen LogP contribution in [0.25, 0.3) is 0 Å². The van der Waals surface area contributed by atoms with Crippen molar-refractivity contribution in [2.75, 3.05) is 6.54 Å². The molecule has 5 heteroatoms. The highest BCUT2D eigenvalue weighted by Crippen LogP contribution is 2.12. The lowest BCUT2D eigenvalue weighted by atomic mass is 9.94. The Morgan fingerprint density at radius 1 is 1.28 bits per heavy atom. The predicted octanol–water partition coefficient (Wildman–Crippen LogP) is 2.37. The molecule has 0 aromatic rings. The number of carboxylic acid groups (broad SMARTS) is 1. The van der Waals surface area contributed by atoms with Gasteiger partial charge in [0.1, 0.15) is 0 Å². The number of amides is 2. The minimum atomic E-state index is -0.942. The van der Waals surface area contributed by atoms with Crippen molar-refractivity contribution in [1.29, 1.82) is 0 Å². The van der Waals surface area contributed by atoms with Gasteiger partial charge in [-0.15, -0.1) is 0 Å². The number of unbranched alkanes of at least 4 members (excludes halogenated alkanes) is 2. The summed E-state index contributed by atoms with van der Waals surface area (Å²) in [7, 11) is 0. The summed E-state index contributed by atoms with van der Waals surface area (Å²) in [5.74, 6) is -0.918. The molecule has 0 aliphatic carbocycles. The van der Waals surface area contributed by atoms with Crippen LogP contribution in [0.1, 0.15) is 53.4 Å². The molecule has 0 aromatic heterocycles. The summed E-state index contributed by atoms with van der Waals surface area (Å²) >= 11 is 0. The number of hydrogen-bond acceptors (Lipinski definition) is 2. The van der Waals surface area contributed by atoms with Crippen molar-refractivity contribution in [2.24, 2.45) is 5.41 Å². The van der Waals surface area contributed by atoms with Gasteiger partial charge >= 0.3 is 12.0 Å². The Bertz CT molecular complexity index is 277. The molecule has 0 heterocycles. The zero-order valence-corrected chi connectivity index (χ0v) is 11.9. The molecule has 5 nitrogen and oxygen atoms in total. The van der Waals surface area contributed by atoms with E-state index in [9.17, 15) is 9.59 Å². The maximum atomic E-state index is 11.5. The molecular weight excluding hydrogens is 232 g/mol. The highest BCUT2D eigenvalue weighted by atomic mass is 16.4. The smallest absolute Gasteiger partial charge is 0.315 e. The second-order valence-electron chi connectivity index (χ2n) is 5.41. The van der Waals surface area contributed by atoms with Crippen molar-refractivity contribution in [2.45, 2.75) is 59.4 Å². The number of carbonyl (C=O) groups excluding carboxylic acids is 1. The van der Waals surface area contributed by atoms with E-state index in [2.05, 4.69) is 17.6 Å². The fourth-order valence-electron chi connectivity index (χ4n) is 1.42. The van der Waals surface area contributed by atoms with E-state index in [1.165, 1.54) is 6.42 Å².